The Hall–Kier alpha value is -2.21. The molecular formula is C27H35FN4O. The molecule has 2 N–H and O–H groups in total. The van der Waals surface area contributed by atoms with E-state index in [4.69, 9.17) is 0 Å². The van der Waals surface area contributed by atoms with E-state index < -0.39 is 0 Å². The number of rotatable bonds is 4. The monoisotopic (exact) mass is 450 g/mol. The second-order valence-corrected chi connectivity index (χ2v) is 11.0. The van der Waals surface area contributed by atoms with Gasteiger partial charge in [-0.3, -0.25) is 15.3 Å². The van der Waals surface area contributed by atoms with E-state index in [2.05, 4.69) is 33.6 Å². The van der Waals surface area contributed by atoms with Gasteiger partial charge in [0.25, 0.3) is 0 Å². The zero-order valence-corrected chi connectivity index (χ0v) is 19.6. The maximum Gasteiger partial charge on any atom is 0.234 e. The van der Waals surface area contributed by atoms with Crippen molar-refractivity contribution in [3.8, 4) is 0 Å². The zero-order chi connectivity index (χ0) is 22.6. The van der Waals surface area contributed by atoms with Crippen LogP contribution in [0.1, 0.15) is 92.5 Å². The van der Waals surface area contributed by atoms with E-state index in [1.54, 1.807) is 6.07 Å². The van der Waals surface area contributed by atoms with Crippen LogP contribution >= 0.6 is 0 Å². The normalized spacial score (nSPS) is 33.0. The summed E-state index contributed by atoms with van der Waals surface area (Å²) in [4.78, 5) is 12.8. The highest BCUT2D eigenvalue weighted by molar-refractivity contribution is 5.75. The van der Waals surface area contributed by atoms with Gasteiger partial charge in [0.05, 0.1) is 6.20 Å². The van der Waals surface area contributed by atoms with Gasteiger partial charge >= 0.3 is 0 Å². The van der Waals surface area contributed by atoms with Crippen LogP contribution in [0, 0.1) is 17.7 Å². The van der Waals surface area contributed by atoms with Crippen LogP contribution in [-0.4, -0.2) is 34.2 Å². The molecule has 6 rings (SSSR count). The van der Waals surface area contributed by atoms with Crippen molar-refractivity contribution in [2.24, 2.45) is 11.8 Å². The largest absolute Gasteiger partial charge is 0.289 e. The molecule has 1 aliphatic heterocycles. The Bertz CT molecular complexity index is 1040. The Kier molecular flexibility index (Phi) is 5.32. The summed E-state index contributed by atoms with van der Waals surface area (Å²) in [5, 5.41) is 9.86. The molecule has 1 amide bonds. The van der Waals surface area contributed by atoms with Gasteiger partial charge in [0, 0.05) is 30.6 Å². The van der Waals surface area contributed by atoms with Gasteiger partial charge in [-0.1, -0.05) is 25.5 Å². The van der Waals surface area contributed by atoms with E-state index >= 15 is 0 Å². The minimum absolute atomic E-state index is 0.0361. The SMILES string of the molecule is C[C@]12CCC3c4cccc(F)c4CCC3C1[C@H](CCC(=O)NN1CCCCC1)c1cn[nH]c12. The minimum Gasteiger partial charge on any atom is -0.289 e. The van der Waals surface area contributed by atoms with E-state index in [-0.39, 0.29) is 17.1 Å². The molecule has 3 aliphatic carbocycles. The molecular weight excluding hydrogens is 415 g/mol. The molecule has 1 aromatic heterocycles. The van der Waals surface area contributed by atoms with Crippen LogP contribution in [0.4, 0.5) is 4.39 Å². The quantitative estimate of drug-likeness (QED) is 0.692. The molecule has 1 saturated carbocycles. The molecule has 6 heteroatoms. The lowest BCUT2D eigenvalue weighted by molar-refractivity contribution is -0.126. The molecule has 5 atom stereocenters. The van der Waals surface area contributed by atoms with Crippen molar-refractivity contribution >= 4 is 5.91 Å². The lowest BCUT2D eigenvalue weighted by Crippen LogP contribution is -2.46. The average molecular weight is 451 g/mol. The Morgan fingerprint density at radius 2 is 2.09 bits per heavy atom. The van der Waals surface area contributed by atoms with Gasteiger partial charge in [-0.25, -0.2) is 9.40 Å². The number of amides is 1. The fraction of sp³-hybridized carbons (Fsp3) is 0.630. The first-order valence-corrected chi connectivity index (χ1v) is 12.9. The number of piperidine rings is 1. The van der Waals surface area contributed by atoms with Crippen molar-refractivity contribution in [2.75, 3.05) is 13.1 Å². The topological polar surface area (TPSA) is 61.0 Å². The molecule has 2 fully saturated rings. The second-order valence-electron chi connectivity index (χ2n) is 11.0. The van der Waals surface area contributed by atoms with Crippen molar-refractivity contribution in [3.63, 3.8) is 0 Å². The molecule has 2 aromatic rings. The van der Waals surface area contributed by atoms with Crippen LogP contribution in [-0.2, 0) is 16.6 Å². The number of aromatic amines is 1. The first kappa shape index (κ1) is 21.3. The summed E-state index contributed by atoms with van der Waals surface area (Å²) in [6.45, 7) is 4.32. The minimum atomic E-state index is -0.0361. The molecule has 0 bridgehead atoms. The highest BCUT2D eigenvalue weighted by Gasteiger charge is 2.57. The number of hydrogen-bond donors (Lipinski definition) is 2. The Balaban J connectivity index is 1.25. The lowest BCUT2D eigenvalue weighted by atomic mass is 9.53. The fourth-order valence-electron chi connectivity index (χ4n) is 7.94. The van der Waals surface area contributed by atoms with E-state index in [0.717, 1.165) is 63.6 Å². The van der Waals surface area contributed by atoms with E-state index in [9.17, 15) is 9.18 Å². The smallest absolute Gasteiger partial charge is 0.234 e. The third-order valence-electron chi connectivity index (χ3n) is 9.36. The standard InChI is InChI=1S/C27H35FN4O/c1-27-13-12-18-17-6-5-7-23(28)19(17)8-9-20(18)25(27)21(22-16-29-30-26(22)27)10-11-24(33)31-32-14-3-2-4-15-32/h5-7,16,18,20-21,25H,2-4,8-15H2,1H3,(H,29,30)(H,31,33)/t18?,20?,21-,25?,27+/m1/s1. The first-order valence-electron chi connectivity index (χ1n) is 12.9. The number of hydrogen-bond acceptors (Lipinski definition) is 3. The van der Waals surface area contributed by atoms with E-state index in [1.807, 2.05) is 12.3 Å². The Morgan fingerprint density at radius 3 is 2.94 bits per heavy atom. The summed E-state index contributed by atoms with van der Waals surface area (Å²) >= 11 is 0. The van der Waals surface area contributed by atoms with E-state index in [1.165, 1.54) is 23.2 Å². The highest BCUT2D eigenvalue weighted by Crippen LogP contribution is 2.64. The molecule has 33 heavy (non-hydrogen) atoms. The van der Waals surface area contributed by atoms with Gasteiger partial charge in [0.2, 0.25) is 5.91 Å². The molecule has 3 unspecified atom stereocenters. The lowest BCUT2D eigenvalue weighted by Gasteiger charge is -2.50. The maximum atomic E-state index is 14.6. The second kappa shape index (κ2) is 8.23. The van der Waals surface area contributed by atoms with Crippen LogP contribution < -0.4 is 5.43 Å². The molecule has 4 aliphatic rings. The predicted molar refractivity (Wildman–Crippen MR) is 125 cm³/mol. The Morgan fingerprint density at radius 1 is 1.24 bits per heavy atom. The highest BCUT2D eigenvalue weighted by atomic mass is 19.1. The molecule has 0 spiro atoms. The Labute approximate surface area is 195 Å². The van der Waals surface area contributed by atoms with Crippen molar-refractivity contribution in [2.45, 2.75) is 82.0 Å². The molecule has 5 nitrogen and oxygen atoms in total. The van der Waals surface area contributed by atoms with Gasteiger partial charge in [0.15, 0.2) is 0 Å². The maximum absolute atomic E-state index is 14.6. The van der Waals surface area contributed by atoms with Crippen LogP contribution in [0.2, 0.25) is 0 Å². The molecule has 2 heterocycles. The summed E-state index contributed by atoms with van der Waals surface area (Å²) in [5.74, 6) is 1.85. The van der Waals surface area contributed by atoms with Crippen LogP contribution in [0.3, 0.4) is 0 Å². The van der Waals surface area contributed by atoms with Crippen LogP contribution in [0.15, 0.2) is 24.4 Å². The van der Waals surface area contributed by atoms with Crippen LogP contribution in [0.25, 0.3) is 0 Å². The van der Waals surface area contributed by atoms with E-state index in [0.29, 0.717) is 30.1 Å². The number of fused-ring (bicyclic) bond motifs is 7. The molecule has 1 saturated heterocycles. The summed E-state index contributed by atoms with van der Waals surface area (Å²) in [7, 11) is 0. The molecule has 0 radical (unpaired) electrons. The molecule has 1 aromatic carbocycles. The number of carbonyl (C=O) groups excluding carboxylic acids is 1. The third-order valence-corrected chi connectivity index (χ3v) is 9.36. The number of H-pyrrole nitrogens is 1. The number of nitrogens with one attached hydrogen (secondary N) is 2. The predicted octanol–water partition coefficient (Wildman–Crippen LogP) is 4.96. The van der Waals surface area contributed by atoms with Crippen molar-refractivity contribution in [3.05, 3.63) is 52.6 Å². The van der Waals surface area contributed by atoms with Gasteiger partial charge in [-0.15, -0.1) is 0 Å². The van der Waals surface area contributed by atoms with Crippen molar-refractivity contribution in [1.29, 1.82) is 0 Å². The van der Waals surface area contributed by atoms with Gasteiger partial charge in [0.1, 0.15) is 5.82 Å². The fourth-order valence-corrected chi connectivity index (χ4v) is 7.94. The van der Waals surface area contributed by atoms with Crippen molar-refractivity contribution in [1.82, 2.24) is 20.6 Å². The number of aromatic nitrogens is 2. The van der Waals surface area contributed by atoms with Gasteiger partial charge in [-0.05, 0) is 91.4 Å². The number of hydrazine groups is 1. The zero-order valence-electron chi connectivity index (χ0n) is 19.6. The summed E-state index contributed by atoms with van der Waals surface area (Å²) in [6.07, 6.45) is 11.0. The number of carbonyl (C=O) groups is 1. The van der Waals surface area contributed by atoms with Gasteiger partial charge in [-0.2, -0.15) is 5.10 Å². The van der Waals surface area contributed by atoms with Crippen LogP contribution in [0.5, 0.6) is 0 Å². The number of nitrogens with zero attached hydrogens (tertiary/aromatic N) is 2. The van der Waals surface area contributed by atoms with Crippen molar-refractivity contribution < 1.29 is 9.18 Å². The van der Waals surface area contributed by atoms with Gasteiger partial charge < -0.3 is 0 Å². The summed E-state index contributed by atoms with van der Waals surface area (Å²) in [5.41, 5.74) is 8.00. The summed E-state index contributed by atoms with van der Waals surface area (Å²) < 4.78 is 14.6. The molecule has 176 valence electrons. The third kappa shape index (κ3) is 3.44. The number of benzene rings is 1. The first-order chi connectivity index (χ1) is 16.1. The average Bonchev–Trinajstić information content (AvgIpc) is 3.39. The number of halogens is 1. The summed E-state index contributed by atoms with van der Waals surface area (Å²) in [6, 6.07) is 5.66.